The number of rotatable bonds is 5. The zero-order chi connectivity index (χ0) is 18.6. The van der Waals surface area contributed by atoms with Crippen molar-refractivity contribution in [2.75, 3.05) is 0 Å². The Balaban J connectivity index is 1.44. The minimum absolute atomic E-state index is 0.137. The van der Waals surface area contributed by atoms with Crippen LogP contribution in [-0.4, -0.2) is 20.9 Å². The first-order valence-corrected chi connectivity index (χ1v) is 9.31. The summed E-state index contributed by atoms with van der Waals surface area (Å²) in [5.74, 6) is -0.137. The fourth-order valence-corrected chi connectivity index (χ4v) is 3.49. The summed E-state index contributed by atoms with van der Waals surface area (Å²) in [6, 6.07) is 18.7. The number of carbonyl (C=O) groups excluding carboxylic acids is 1. The van der Waals surface area contributed by atoms with E-state index in [1.807, 2.05) is 47.8 Å². The Kier molecular flexibility index (Phi) is 4.76. The van der Waals surface area contributed by atoms with E-state index >= 15 is 0 Å². The highest BCUT2D eigenvalue weighted by molar-refractivity contribution is 7.17. The van der Waals surface area contributed by atoms with E-state index in [1.165, 1.54) is 16.0 Å². The molecule has 0 aliphatic rings. The molecule has 0 radical (unpaired) electrons. The van der Waals surface area contributed by atoms with E-state index < -0.39 is 0 Å². The molecule has 2 aromatic carbocycles. The molecule has 0 saturated carbocycles. The van der Waals surface area contributed by atoms with Crippen molar-refractivity contribution in [3.8, 4) is 0 Å². The van der Waals surface area contributed by atoms with Crippen molar-refractivity contribution in [3.05, 3.63) is 93.1 Å². The molecule has 0 aliphatic heterocycles. The summed E-state index contributed by atoms with van der Waals surface area (Å²) in [4.78, 5) is 24.7. The first kappa shape index (κ1) is 17.1. The summed E-state index contributed by atoms with van der Waals surface area (Å²) >= 11 is 1.36. The number of amides is 1. The molecule has 0 saturated heterocycles. The Hall–Kier alpha value is -3.32. The second-order valence-corrected chi connectivity index (χ2v) is 6.97. The fourth-order valence-electron chi connectivity index (χ4n) is 2.72. The van der Waals surface area contributed by atoms with Crippen LogP contribution in [0.1, 0.15) is 21.5 Å². The maximum absolute atomic E-state index is 12.4. The van der Waals surface area contributed by atoms with Crippen LogP contribution in [0.3, 0.4) is 0 Å². The molecule has 4 aromatic rings. The molecule has 27 heavy (non-hydrogen) atoms. The number of nitrogens with one attached hydrogen (secondary N) is 1. The molecular weight excluding hydrogens is 360 g/mol. The molecule has 6 nitrogen and oxygen atoms in total. The van der Waals surface area contributed by atoms with Crippen molar-refractivity contribution in [2.45, 2.75) is 13.1 Å². The molecule has 4 rings (SSSR count). The molecular formula is C20H16N4O2S. The molecule has 1 N–H and O–H groups in total. The highest BCUT2D eigenvalue weighted by Crippen LogP contribution is 2.13. The van der Waals surface area contributed by atoms with Crippen LogP contribution < -0.4 is 10.9 Å². The van der Waals surface area contributed by atoms with E-state index in [9.17, 15) is 9.59 Å². The van der Waals surface area contributed by atoms with Crippen LogP contribution in [0.5, 0.6) is 0 Å². The molecule has 0 bridgehead atoms. The third-order valence-corrected chi connectivity index (χ3v) is 5.07. The topological polar surface area (TPSA) is 76.9 Å². The van der Waals surface area contributed by atoms with Gasteiger partial charge in [0.15, 0.2) is 0 Å². The van der Waals surface area contributed by atoms with Gasteiger partial charge in [0.1, 0.15) is 10.2 Å². The molecule has 0 fully saturated rings. The summed E-state index contributed by atoms with van der Waals surface area (Å²) in [7, 11) is 0. The number of nitrogens with zero attached hydrogens (tertiary/aromatic N) is 3. The quantitative estimate of drug-likeness (QED) is 0.581. The summed E-state index contributed by atoms with van der Waals surface area (Å²) < 4.78 is 1.94. The lowest BCUT2D eigenvalue weighted by molar-refractivity contribution is 0.0951. The molecule has 1 amide bonds. The third-order valence-electron chi connectivity index (χ3n) is 4.18. The van der Waals surface area contributed by atoms with Crippen LogP contribution in [0.4, 0.5) is 0 Å². The minimum Gasteiger partial charge on any atom is -0.348 e. The number of thiophene rings is 1. The van der Waals surface area contributed by atoms with Crippen molar-refractivity contribution in [1.29, 1.82) is 0 Å². The van der Waals surface area contributed by atoms with Gasteiger partial charge in [0.25, 0.3) is 11.5 Å². The average molecular weight is 376 g/mol. The number of fused-ring (bicyclic) bond motifs is 1. The van der Waals surface area contributed by atoms with Crippen LogP contribution >= 0.6 is 11.3 Å². The SMILES string of the molecule is O=C(NCc1ccccc1)c1ccc(Cn2nnc3ccsc3c2=O)cc1. The second kappa shape index (κ2) is 7.51. The van der Waals surface area contributed by atoms with Crippen molar-refractivity contribution < 1.29 is 4.79 Å². The monoisotopic (exact) mass is 376 g/mol. The molecule has 134 valence electrons. The first-order chi connectivity index (χ1) is 13.2. The van der Waals surface area contributed by atoms with Crippen LogP contribution in [0.2, 0.25) is 0 Å². The molecule has 0 atom stereocenters. The molecule has 0 unspecified atom stereocenters. The summed E-state index contributed by atoms with van der Waals surface area (Å²) in [6.45, 7) is 0.790. The van der Waals surface area contributed by atoms with Crippen molar-refractivity contribution >= 4 is 27.5 Å². The fraction of sp³-hybridized carbons (Fsp3) is 0.100. The molecule has 2 aromatic heterocycles. The van der Waals surface area contributed by atoms with E-state index in [-0.39, 0.29) is 11.5 Å². The van der Waals surface area contributed by atoms with Crippen LogP contribution in [-0.2, 0) is 13.1 Å². The van der Waals surface area contributed by atoms with Gasteiger partial charge in [0.05, 0.1) is 6.54 Å². The minimum atomic E-state index is -0.153. The second-order valence-electron chi connectivity index (χ2n) is 6.05. The van der Waals surface area contributed by atoms with Gasteiger partial charge in [-0.05, 0) is 34.7 Å². The average Bonchev–Trinajstić information content (AvgIpc) is 3.19. The van der Waals surface area contributed by atoms with Gasteiger partial charge in [-0.2, -0.15) is 0 Å². The van der Waals surface area contributed by atoms with Gasteiger partial charge >= 0.3 is 0 Å². The van der Waals surface area contributed by atoms with E-state index in [0.717, 1.165) is 11.1 Å². The predicted octanol–water partition coefficient (Wildman–Crippen LogP) is 2.83. The highest BCUT2D eigenvalue weighted by atomic mass is 32.1. The number of carbonyl (C=O) groups is 1. The normalized spacial score (nSPS) is 10.8. The summed E-state index contributed by atoms with van der Waals surface area (Å²) in [5, 5.41) is 12.8. The van der Waals surface area contributed by atoms with E-state index in [1.54, 1.807) is 18.2 Å². The van der Waals surface area contributed by atoms with Gasteiger partial charge in [-0.1, -0.05) is 47.7 Å². The van der Waals surface area contributed by atoms with E-state index in [4.69, 9.17) is 0 Å². The maximum atomic E-state index is 12.4. The highest BCUT2D eigenvalue weighted by Gasteiger charge is 2.09. The Bertz CT molecular complexity index is 1130. The van der Waals surface area contributed by atoms with Crippen molar-refractivity contribution in [2.24, 2.45) is 0 Å². The summed E-state index contributed by atoms with van der Waals surface area (Å²) in [6.07, 6.45) is 0. The standard InChI is InChI=1S/C20H16N4O2S/c25-19(21-12-14-4-2-1-3-5-14)16-8-6-15(7-9-16)13-24-20(26)18-17(22-23-24)10-11-27-18/h1-11H,12-13H2,(H,21,25). The van der Waals surface area contributed by atoms with Gasteiger partial charge in [0, 0.05) is 12.1 Å². The Morgan fingerprint density at radius 2 is 1.78 bits per heavy atom. The number of hydrogen-bond acceptors (Lipinski definition) is 5. The Morgan fingerprint density at radius 3 is 2.56 bits per heavy atom. The van der Waals surface area contributed by atoms with Gasteiger partial charge < -0.3 is 5.32 Å². The molecule has 7 heteroatoms. The van der Waals surface area contributed by atoms with Gasteiger partial charge in [0.2, 0.25) is 0 Å². The van der Waals surface area contributed by atoms with Crippen LogP contribution in [0.25, 0.3) is 10.2 Å². The molecule has 0 spiro atoms. The molecule has 2 heterocycles. The zero-order valence-electron chi connectivity index (χ0n) is 14.3. The van der Waals surface area contributed by atoms with Crippen LogP contribution in [0.15, 0.2) is 70.8 Å². The zero-order valence-corrected chi connectivity index (χ0v) is 15.1. The van der Waals surface area contributed by atoms with Crippen LogP contribution in [0, 0.1) is 0 Å². The number of hydrogen-bond donors (Lipinski definition) is 1. The molecule has 0 aliphatic carbocycles. The van der Waals surface area contributed by atoms with Gasteiger partial charge in [-0.25, -0.2) is 4.68 Å². The third kappa shape index (κ3) is 3.78. The van der Waals surface area contributed by atoms with Crippen molar-refractivity contribution in [3.63, 3.8) is 0 Å². The van der Waals surface area contributed by atoms with Crippen molar-refractivity contribution in [1.82, 2.24) is 20.3 Å². The number of benzene rings is 2. The Labute approximate surface area is 159 Å². The number of aromatic nitrogens is 3. The maximum Gasteiger partial charge on any atom is 0.288 e. The smallest absolute Gasteiger partial charge is 0.288 e. The van der Waals surface area contributed by atoms with E-state index in [0.29, 0.717) is 28.9 Å². The lowest BCUT2D eigenvalue weighted by Gasteiger charge is -2.07. The van der Waals surface area contributed by atoms with E-state index in [2.05, 4.69) is 15.6 Å². The Morgan fingerprint density at radius 1 is 1.00 bits per heavy atom. The first-order valence-electron chi connectivity index (χ1n) is 8.43. The predicted molar refractivity (Wildman–Crippen MR) is 105 cm³/mol. The summed E-state index contributed by atoms with van der Waals surface area (Å²) in [5.41, 5.74) is 2.96. The van der Waals surface area contributed by atoms with Gasteiger partial charge in [-0.3, -0.25) is 9.59 Å². The largest absolute Gasteiger partial charge is 0.348 e. The lowest BCUT2D eigenvalue weighted by atomic mass is 10.1. The van der Waals surface area contributed by atoms with Gasteiger partial charge in [-0.15, -0.1) is 16.4 Å². The lowest BCUT2D eigenvalue weighted by Crippen LogP contribution is -2.24.